The Kier molecular flexibility index (Phi) is 10.9. The molecule has 0 spiro atoms. The molecule has 54 heavy (non-hydrogen) atoms. The second-order valence-electron chi connectivity index (χ2n) is 14.1. The van der Waals surface area contributed by atoms with E-state index in [1.165, 1.54) is 34.9 Å². The highest BCUT2D eigenvalue weighted by Crippen LogP contribution is 2.35. The molecule has 7 rings (SSSR count). The number of hydrogen-bond acceptors (Lipinski definition) is 8. The Morgan fingerprint density at radius 2 is 1.69 bits per heavy atom. The third kappa shape index (κ3) is 7.65. The molecule has 0 radical (unpaired) electrons. The molecule has 0 saturated carbocycles. The van der Waals surface area contributed by atoms with Crippen molar-refractivity contribution in [3.63, 3.8) is 0 Å². The van der Waals surface area contributed by atoms with Gasteiger partial charge in [-0.1, -0.05) is 0 Å². The number of benzene rings is 2. The van der Waals surface area contributed by atoms with Crippen molar-refractivity contribution < 1.29 is 32.6 Å². The second kappa shape index (κ2) is 15.9. The van der Waals surface area contributed by atoms with E-state index in [0.29, 0.717) is 77.3 Å². The fourth-order valence-electron chi connectivity index (χ4n) is 7.75. The number of aryl methyl sites for hydroxylation is 1. The fourth-order valence-corrected chi connectivity index (χ4v) is 7.75. The number of aromatic nitrogens is 2. The summed E-state index contributed by atoms with van der Waals surface area (Å²) in [5, 5.41) is 3.28. The van der Waals surface area contributed by atoms with Crippen LogP contribution in [0.3, 0.4) is 0 Å². The largest absolute Gasteiger partial charge is 0.495 e. The number of pyridine rings is 2. The second-order valence-corrected chi connectivity index (χ2v) is 14.1. The Labute approximate surface area is 311 Å². The van der Waals surface area contributed by atoms with Gasteiger partial charge in [-0.3, -0.25) is 29.6 Å². The minimum atomic E-state index is -0.784. The number of likely N-dealkylation sites (tertiary alicyclic amines) is 2. The number of imide groups is 1. The van der Waals surface area contributed by atoms with Gasteiger partial charge in [-0.15, -0.1) is 0 Å². The molecular weight excluding hydrogens is 698 g/mol. The Balaban J connectivity index is 0.893. The summed E-state index contributed by atoms with van der Waals surface area (Å²) in [7, 11) is 1.50. The maximum atomic E-state index is 15.4. The van der Waals surface area contributed by atoms with Crippen molar-refractivity contribution in [2.45, 2.75) is 58.1 Å². The molecule has 3 fully saturated rings. The monoisotopic (exact) mass is 742 g/mol. The molecule has 0 bridgehead atoms. The molecule has 4 aromatic rings. The molecule has 284 valence electrons. The van der Waals surface area contributed by atoms with Gasteiger partial charge in [0.05, 0.1) is 18.2 Å². The lowest BCUT2D eigenvalue weighted by atomic mass is 9.92. The van der Waals surface area contributed by atoms with E-state index in [1.807, 2.05) is 11.8 Å². The third-order valence-electron chi connectivity index (χ3n) is 10.9. The average molecular weight is 743 g/mol. The van der Waals surface area contributed by atoms with Crippen LogP contribution in [0.15, 0.2) is 59.8 Å². The number of hydrogen-bond donors (Lipinski definition) is 1. The van der Waals surface area contributed by atoms with Crippen molar-refractivity contribution in [3.05, 3.63) is 82.5 Å². The van der Waals surface area contributed by atoms with Gasteiger partial charge in [-0.05, 0) is 98.8 Å². The van der Waals surface area contributed by atoms with Crippen LogP contribution in [0.4, 0.5) is 19.3 Å². The van der Waals surface area contributed by atoms with Crippen LogP contribution in [-0.4, -0.2) is 89.7 Å². The molecule has 0 aliphatic carbocycles. The zero-order valence-electron chi connectivity index (χ0n) is 30.5. The molecule has 0 atom stereocenters. The summed E-state index contributed by atoms with van der Waals surface area (Å²) in [5.74, 6) is -1.48. The quantitative estimate of drug-likeness (QED) is 0.223. The van der Waals surface area contributed by atoms with Crippen LogP contribution < -0.4 is 25.2 Å². The van der Waals surface area contributed by atoms with Gasteiger partial charge < -0.3 is 23.8 Å². The number of ether oxygens (including phenoxy) is 2. The number of amides is 4. The number of carbonyl (C=O) groups is 3. The number of piperidine rings is 2. The van der Waals surface area contributed by atoms with Crippen molar-refractivity contribution in [3.8, 4) is 22.6 Å². The first-order valence-electron chi connectivity index (χ1n) is 18.6. The van der Waals surface area contributed by atoms with Crippen LogP contribution in [-0.2, 0) is 11.3 Å². The summed E-state index contributed by atoms with van der Waals surface area (Å²) >= 11 is 0. The summed E-state index contributed by atoms with van der Waals surface area (Å²) in [6.07, 6.45) is 8.54. The maximum Gasteiger partial charge on any atom is 0.328 e. The van der Waals surface area contributed by atoms with Crippen LogP contribution in [0.2, 0.25) is 0 Å². The first-order valence-corrected chi connectivity index (χ1v) is 18.6. The summed E-state index contributed by atoms with van der Waals surface area (Å²) in [6.45, 7) is 6.11. The zero-order chi connectivity index (χ0) is 37.9. The minimum absolute atomic E-state index is 0.107. The van der Waals surface area contributed by atoms with E-state index in [2.05, 4.69) is 15.2 Å². The van der Waals surface area contributed by atoms with Crippen LogP contribution in [0.5, 0.6) is 11.5 Å². The number of rotatable bonds is 10. The van der Waals surface area contributed by atoms with Crippen LogP contribution in [0.25, 0.3) is 21.9 Å². The lowest BCUT2D eigenvalue weighted by Crippen LogP contribution is -2.49. The fraction of sp³-hybridized carbons (Fsp3) is 0.425. The highest BCUT2D eigenvalue weighted by atomic mass is 19.1. The van der Waals surface area contributed by atoms with Gasteiger partial charge in [0.25, 0.3) is 11.5 Å². The van der Waals surface area contributed by atoms with Gasteiger partial charge in [-0.25, -0.2) is 13.6 Å². The average Bonchev–Trinajstić information content (AvgIpc) is 3.19. The first-order chi connectivity index (χ1) is 26.1. The number of anilines is 1. The highest BCUT2D eigenvalue weighted by Gasteiger charge is 2.30. The summed E-state index contributed by atoms with van der Waals surface area (Å²) < 4.78 is 43.7. The van der Waals surface area contributed by atoms with Crippen molar-refractivity contribution in [2.75, 3.05) is 51.3 Å². The van der Waals surface area contributed by atoms with Gasteiger partial charge in [0.15, 0.2) is 17.4 Å². The number of nitrogens with one attached hydrogen (secondary N) is 1. The number of halogens is 2. The van der Waals surface area contributed by atoms with Gasteiger partial charge in [-0.2, -0.15) is 0 Å². The Hall–Kier alpha value is -5.37. The molecule has 12 nitrogen and oxygen atoms in total. The number of methoxy groups -OCH3 is 1. The summed E-state index contributed by atoms with van der Waals surface area (Å²) in [4.78, 5) is 60.1. The first kappa shape index (κ1) is 37.0. The molecule has 2 aromatic carbocycles. The molecular formula is C40H44F2N6O6. The van der Waals surface area contributed by atoms with E-state index >= 15 is 8.78 Å². The Morgan fingerprint density at radius 1 is 0.944 bits per heavy atom. The molecule has 5 heterocycles. The maximum absolute atomic E-state index is 15.4. The number of carbonyl (C=O) groups excluding carboxylic acids is 3. The highest BCUT2D eigenvalue weighted by molar-refractivity contribution is 6.07. The van der Waals surface area contributed by atoms with E-state index in [9.17, 15) is 19.2 Å². The van der Waals surface area contributed by atoms with E-state index in [0.717, 1.165) is 38.9 Å². The molecule has 2 aromatic heterocycles. The number of urea groups is 1. The molecule has 3 aliphatic heterocycles. The van der Waals surface area contributed by atoms with Crippen LogP contribution >= 0.6 is 0 Å². The van der Waals surface area contributed by atoms with E-state index < -0.39 is 17.7 Å². The smallest absolute Gasteiger partial charge is 0.328 e. The molecule has 0 unspecified atom stereocenters. The van der Waals surface area contributed by atoms with Crippen LogP contribution in [0, 0.1) is 17.6 Å². The lowest BCUT2D eigenvalue weighted by Gasteiger charge is -2.35. The minimum Gasteiger partial charge on any atom is -0.495 e. The molecule has 1 N–H and O–H groups in total. The summed E-state index contributed by atoms with van der Waals surface area (Å²) in [6, 6.07) is 8.70. The molecule has 14 heteroatoms. The van der Waals surface area contributed by atoms with Crippen molar-refractivity contribution in [1.82, 2.24) is 24.7 Å². The van der Waals surface area contributed by atoms with Crippen molar-refractivity contribution in [1.29, 1.82) is 0 Å². The number of fused-ring (bicyclic) bond motifs is 1. The van der Waals surface area contributed by atoms with Gasteiger partial charge >= 0.3 is 6.03 Å². The van der Waals surface area contributed by atoms with Crippen LogP contribution in [0.1, 0.15) is 55.8 Å². The number of nitrogens with zero attached hydrogens (tertiary/aromatic N) is 5. The lowest BCUT2D eigenvalue weighted by molar-refractivity contribution is -0.120. The SMILES string of the molecule is CCn1cc(-c2cc(F)c(OC3CCN(CCC4CCN(C(=O)c5ccc(OC)c(N6CCC(=O)NC6=O)c5)CC4)CC3)c(F)c2)c2ccncc2c1=O. The Bertz CT molecular complexity index is 2100. The molecule has 3 saturated heterocycles. The van der Waals surface area contributed by atoms with Gasteiger partial charge in [0.2, 0.25) is 5.91 Å². The summed E-state index contributed by atoms with van der Waals surface area (Å²) in [5.41, 5.74) is 1.56. The van der Waals surface area contributed by atoms with Crippen molar-refractivity contribution in [2.24, 2.45) is 5.92 Å². The molecule has 3 aliphatic rings. The van der Waals surface area contributed by atoms with E-state index in [1.54, 1.807) is 36.7 Å². The van der Waals surface area contributed by atoms with Gasteiger partial charge in [0, 0.05) is 75.4 Å². The molecule has 4 amide bonds. The van der Waals surface area contributed by atoms with Gasteiger partial charge in [0.1, 0.15) is 11.9 Å². The van der Waals surface area contributed by atoms with Crippen molar-refractivity contribution >= 4 is 34.3 Å². The predicted molar refractivity (Wildman–Crippen MR) is 199 cm³/mol. The predicted octanol–water partition coefficient (Wildman–Crippen LogP) is 5.60. The standard InChI is InChI=1S/C40H44F2N6O6/c1-3-46-24-31(29-6-13-43-23-30(29)39(46)51)27-20-32(41)37(33(42)21-27)54-28-10-15-45(16-11-28)14-7-25-8-17-47(18-9-25)38(50)26-4-5-35(53-2)34(22-26)48-19-12-36(49)44-40(48)52/h4-6,13,20-25,28H,3,7-12,14-19H2,1-2H3,(H,44,49,52). The van der Waals surface area contributed by atoms with E-state index in [-0.39, 0.29) is 42.2 Å². The zero-order valence-corrected chi connectivity index (χ0v) is 30.5. The van der Waals surface area contributed by atoms with E-state index in [4.69, 9.17) is 9.47 Å². The normalized spacial score (nSPS) is 17.6. The third-order valence-corrected chi connectivity index (χ3v) is 10.9. The topological polar surface area (TPSA) is 126 Å². The Morgan fingerprint density at radius 3 is 2.37 bits per heavy atom.